The fourth-order valence-corrected chi connectivity index (χ4v) is 3.35. The molecule has 1 aromatic heterocycles. The van der Waals surface area contributed by atoms with E-state index in [2.05, 4.69) is 31.1 Å². The van der Waals surface area contributed by atoms with Crippen LogP contribution in [0.1, 0.15) is 25.3 Å². The van der Waals surface area contributed by atoms with E-state index in [0.717, 1.165) is 17.1 Å². The van der Waals surface area contributed by atoms with Crippen molar-refractivity contribution in [1.82, 2.24) is 4.98 Å². The number of fused-ring (bicyclic) bond motifs is 1. The predicted octanol–water partition coefficient (Wildman–Crippen LogP) is 3.52. The monoisotopic (exact) mass is 248 g/mol. The molecule has 3 N–H and O–H groups in total. The molecule has 2 atom stereocenters. The van der Waals surface area contributed by atoms with Gasteiger partial charge in [-0.2, -0.15) is 0 Å². The van der Waals surface area contributed by atoms with E-state index in [4.69, 9.17) is 17.3 Å². The summed E-state index contributed by atoms with van der Waals surface area (Å²) in [6.07, 6.45) is 2.11. The number of nitrogens with two attached hydrogens (primary N) is 1. The molecule has 0 amide bonds. The van der Waals surface area contributed by atoms with E-state index in [1.54, 1.807) is 0 Å². The standard InChI is InChI=1S/C14H17ClN2/c1-14(2)11(6-16)13(14)10-7-17-12-5-8(15)3-4-9(10)12/h3-5,7,11,13,17H,6,16H2,1-2H3/t11-,13-/m0/s1. The third-order valence-corrected chi connectivity index (χ3v) is 4.55. The number of H-pyrrole nitrogens is 1. The first-order chi connectivity index (χ1) is 8.05. The molecular formula is C14H17ClN2. The Morgan fingerprint density at radius 1 is 1.41 bits per heavy atom. The van der Waals surface area contributed by atoms with Gasteiger partial charge >= 0.3 is 0 Å². The Morgan fingerprint density at radius 2 is 2.18 bits per heavy atom. The van der Waals surface area contributed by atoms with Crippen molar-refractivity contribution < 1.29 is 0 Å². The first-order valence-corrected chi connectivity index (χ1v) is 6.40. The van der Waals surface area contributed by atoms with Crippen molar-refractivity contribution in [2.75, 3.05) is 6.54 Å². The fourth-order valence-electron chi connectivity index (χ4n) is 3.18. The Balaban J connectivity index is 2.08. The number of benzene rings is 1. The van der Waals surface area contributed by atoms with Gasteiger partial charge in [-0.3, -0.25) is 0 Å². The van der Waals surface area contributed by atoms with Crippen LogP contribution in [0.2, 0.25) is 5.02 Å². The van der Waals surface area contributed by atoms with E-state index in [9.17, 15) is 0 Å². The maximum atomic E-state index is 6.00. The van der Waals surface area contributed by atoms with E-state index in [0.29, 0.717) is 17.3 Å². The van der Waals surface area contributed by atoms with Crippen molar-refractivity contribution in [2.45, 2.75) is 19.8 Å². The summed E-state index contributed by atoms with van der Waals surface area (Å²) in [5.74, 6) is 1.17. The molecule has 1 aliphatic rings. The summed E-state index contributed by atoms with van der Waals surface area (Å²) in [5, 5.41) is 2.06. The van der Waals surface area contributed by atoms with Gasteiger partial charge in [-0.1, -0.05) is 31.5 Å². The third kappa shape index (κ3) is 1.51. The molecule has 1 aromatic carbocycles. The molecule has 3 heteroatoms. The first kappa shape index (κ1) is 11.1. The number of nitrogens with one attached hydrogen (secondary N) is 1. The van der Waals surface area contributed by atoms with Crippen LogP contribution in [0.3, 0.4) is 0 Å². The van der Waals surface area contributed by atoms with E-state index < -0.39 is 0 Å². The molecule has 90 valence electrons. The summed E-state index contributed by atoms with van der Waals surface area (Å²) >= 11 is 6.00. The minimum Gasteiger partial charge on any atom is -0.361 e. The number of halogens is 1. The molecular weight excluding hydrogens is 232 g/mol. The SMILES string of the molecule is CC1(C)[C@@H](CN)[C@@H]1c1c[nH]c2cc(Cl)ccc12. The maximum absolute atomic E-state index is 6.00. The maximum Gasteiger partial charge on any atom is 0.0471 e. The summed E-state index contributed by atoms with van der Waals surface area (Å²) < 4.78 is 0. The Kier molecular flexibility index (Phi) is 2.29. The topological polar surface area (TPSA) is 41.8 Å². The molecule has 1 fully saturated rings. The highest BCUT2D eigenvalue weighted by molar-refractivity contribution is 6.31. The van der Waals surface area contributed by atoms with Crippen LogP contribution < -0.4 is 5.73 Å². The number of hydrogen-bond donors (Lipinski definition) is 2. The van der Waals surface area contributed by atoms with Gasteiger partial charge in [0.2, 0.25) is 0 Å². The average molecular weight is 249 g/mol. The van der Waals surface area contributed by atoms with Crippen LogP contribution in [0.15, 0.2) is 24.4 Å². The number of hydrogen-bond acceptors (Lipinski definition) is 1. The van der Waals surface area contributed by atoms with Gasteiger partial charge in [-0.25, -0.2) is 0 Å². The summed E-state index contributed by atoms with van der Waals surface area (Å²) in [6.45, 7) is 5.35. The normalized spacial score (nSPS) is 26.4. The van der Waals surface area contributed by atoms with Gasteiger partial charge in [0.1, 0.15) is 0 Å². The lowest BCUT2D eigenvalue weighted by atomic mass is 10.0. The first-order valence-electron chi connectivity index (χ1n) is 6.02. The number of rotatable bonds is 2. The fraction of sp³-hybridized carbons (Fsp3) is 0.429. The van der Waals surface area contributed by atoms with Crippen molar-refractivity contribution in [3.63, 3.8) is 0 Å². The molecule has 0 saturated heterocycles. The highest BCUT2D eigenvalue weighted by atomic mass is 35.5. The van der Waals surface area contributed by atoms with Crippen LogP contribution in [-0.4, -0.2) is 11.5 Å². The second-order valence-electron chi connectivity index (χ2n) is 5.58. The van der Waals surface area contributed by atoms with Crippen LogP contribution in [0, 0.1) is 11.3 Å². The minimum atomic E-state index is 0.323. The van der Waals surface area contributed by atoms with E-state index in [-0.39, 0.29) is 0 Å². The molecule has 3 rings (SSSR count). The lowest BCUT2D eigenvalue weighted by Gasteiger charge is -2.01. The van der Waals surface area contributed by atoms with E-state index in [1.165, 1.54) is 10.9 Å². The van der Waals surface area contributed by atoms with Crippen LogP contribution in [0.5, 0.6) is 0 Å². The molecule has 1 heterocycles. The Hall–Kier alpha value is -0.990. The van der Waals surface area contributed by atoms with Gasteiger partial charge in [0.15, 0.2) is 0 Å². The molecule has 1 saturated carbocycles. The molecule has 0 bridgehead atoms. The van der Waals surface area contributed by atoms with Gasteiger partial charge in [0, 0.05) is 22.1 Å². The smallest absolute Gasteiger partial charge is 0.0471 e. The summed E-state index contributed by atoms with van der Waals surface area (Å²) in [6, 6.07) is 6.03. The Morgan fingerprint density at radius 3 is 2.82 bits per heavy atom. The van der Waals surface area contributed by atoms with Crippen molar-refractivity contribution in [1.29, 1.82) is 0 Å². The van der Waals surface area contributed by atoms with Crippen LogP contribution >= 0.6 is 11.6 Å². The van der Waals surface area contributed by atoms with Gasteiger partial charge in [-0.15, -0.1) is 0 Å². The molecule has 2 aromatic rings. The molecule has 0 radical (unpaired) electrons. The van der Waals surface area contributed by atoms with Gasteiger partial charge < -0.3 is 10.7 Å². The average Bonchev–Trinajstić information content (AvgIpc) is 2.65. The van der Waals surface area contributed by atoms with Crippen molar-refractivity contribution in [3.8, 4) is 0 Å². The van der Waals surface area contributed by atoms with Crippen molar-refractivity contribution in [2.24, 2.45) is 17.1 Å². The summed E-state index contributed by atoms with van der Waals surface area (Å²) in [4.78, 5) is 3.31. The zero-order chi connectivity index (χ0) is 12.2. The van der Waals surface area contributed by atoms with Crippen LogP contribution in [-0.2, 0) is 0 Å². The quantitative estimate of drug-likeness (QED) is 0.839. The van der Waals surface area contributed by atoms with Crippen LogP contribution in [0.4, 0.5) is 0 Å². The molecule has 2 nitrogen and oxygen atoms in total. The zero-order valence-electron chi connectivity index (χ0n) is 10.1. The molecule has 0 unspecified atom stereocenters. The number of aromatic nitrogens is 1. The minimum absolute atomic E-state index is 0.323. The molecule has 0 aliphatic heterocycles. The van der Waals surface area contributed by atoms with Crippen LogP contribution in [0.25, 0.3) is 10.9 Å². The molecule has 0 spiro atoms. The van der Waals surface area contributed by atoms with Crippen molar-refractivity contribution >= 4 is 22.5 Å². The lowest BCUT2D eigenvalue weighted by molar-refractivity contribution is 0.559. The van der Waals surface area contributed by atoms with E-state index >= 15 is 0 Å². The van der Waals surface area contributed by atoms with Gasteiger partial charge in [0.05, 0.1) is 0 Å². The number of aromatic amines is 1. The van der Waals surface area contributed by atoms with Crippen molar-refractivity contribution in [3.05, 3.63) is 35.0 Å². The summed E-state index contributed by atoms with van der Waals surface area (Å²) in [5.41, 5.74) is 8.67. The molecule has 1 aliphatic carbocycles. The van der Waals surface area contributed by atoms with Gasteiger partial charge in [-0.05, 0) is 41.5 Å². The summed E-state index contributed by atoms with van der Waals surface area (Å²) in [7, 11) is 0. The zero-order valence-corrected chi connectivity index (χ0v) is 10.9. The van der Waals surface area contributed by atoms with E-state index in [1.807, 2.05) is 12.1 Å². The Labute approximate surface area is 106 Å². The third-order valence-electron chi connectivity index (χ3n) is 4.32. The molecule has 17 heavy (non-hydrogen) atoms. The highest BCUT2D eigenvalue weighted by Gasteiger charge is 2.57. The predicted molar refractivity (Wildman–Crippen MR) is 72.4 cm³/mol. The lowest BCUT2D eigenvalue weighted by Crippen LogP contribution is -2.05. The largest absolute Gasteiger partial charge is 0.361 e. The highest BCUT2D eigenvalue weighted by Crippen LogP contribution is 2.64. The van der Waals surface area contributed by atoms with Gasteiger partial charge in [0.25, 0.3) is 0 Å². The second kappa shape index (κ2) is 3.50. The second-order valence-corrected chi connectivity index (χ2v) is 6.01. The Bertz CT molecular complexity index is 571.